The Bertz CT molecular complexity index is 366. The van der Waals surface area contributed by atoms with Gasteiger partial charge in [0.1, 0.15) is 11.9 Å². The maximum absolute atomic E-state index is 11.1. The zero-order chi connectivity index (χ0) is 11.4. The van der Waals surface area contributed by atoms with E-state index in [9.17, 15) is 4.79 Å². The third kappa shape index (κ3) is 2.83. The molecule has 0 spiro atoms. The maximum Gasteiger partial charge on any atom is 0.328 e. The molecule has 0 saturated carbocycles. The van der Waals surface area contributed by atoms with Crippen LogP contribution in [0.15, 0.2) is 12.1 Å². The topological polar surface area (TPSA) is 77.2 Å². The Morgan fingerprint density at radius 1 is 1.60 bits per heavy atom. The highest BCUT2D eigenvalue weighted by Crippen LogP contribution is 2.12. The summed E-state index contributed by atoms with van der Waals surface area (Å²) in [5.41, 5.74) is 6.99. The van der Waals surface area contributed by atoms with E-state index in [4.69, 9.17) is 5.73 Å². The van der Waals surface area contributed by atoms with Gasteiger partial charge in [-0.05, 0) is 26.0 Å². The monoisotopic (exact) mass is 209 g/mol. The second kappa shape index (κ2) is 4.63. The van der Waals surface area contributed by atoms with Crippen LogP contribution in [0.1, 0.15) is 12.6 Å². The first-order chi connectivity index (χ1) is 7.04. The van der Waals surface area contributed by atoms with Crippen LogP contribution >= 0.6 is 0 Å². The second-order valence-electron chi connectivity index (χ2n) is 3.26. The van der Waals surface area contributed by atoms with E-state index in [1.807, 2.05) is 6.92 Å². The molecular weight excluding hydrogens is 194 g/mol. The van der Waals surface area contributed by atoms with Crippen molar-refractivity contribution in [3.05, 3.63) is 17.8 Å². The Balaban J connectivity index is 2.73. The molecule has 0 aliphatic rings. The second-order valence-corrected chi connectivity index (χ2v) is 3.26. The Hall–Kier alpha value is -1.78. The van der Waals surface area contributed by atoms with Gasteiger partial charge in [-0.2, -0.15) is 0 Å². The molecule has 1 unspecified atom stereocenters. The molecule has 0 aliphatic heterocycles. The largest absolute Gasteiger partial charge is 0.467 e. The van der Waals surface area contributed by atoms with Crippen LogP contribution < -0.4 is 11.1 Å². The SMILES string of the molecule is COC(=O)C(C)Nc1ccc(N)c(C)n1. The van der Waals surface area contributed by atoms with Crippen LogP contribution in [0.3, 0.4) is 0 Å². The quantitative estimate of drug-likeness (QED) is 0.724. The number of esters is 1. The highest BCUT2D eigenvalue weighted by Gasteiger charge is 2.12. The molecule has 0 fully saturated rings. The summed E-state index contributed by atoms with van der Waals surface area (Å²) in [6.45, 7) is 3.52. The smallest absolute Gasteiger partial charge is 0.328 e. The van der Waals surface area contributed by atoms with E-state index >= 15 is 0 Å². The van der Waals surface area contributed by atoms with Crippen molar-refractivity contribution in [2.75, 3.05) is 18.2 Å². The number of rotatable bonds is 3. The minimum absolute atomic E-state index is 0.328. The van der Waals surface area contributed by atoms with Gasteiger partial charge in [-0.1, -0.05) is 0 Å². The first kappa shape index (κ1) is 11.3. The summed E-state index contributed by atoms with van der Waals surface area (Å²) in [4.78, 5) is 15.3. The van der Waals surface area contributed by atoms with Crippen molar-refractivity contribution in [1.82, 2.24) is 4.98 Å². The number of hydrogen-bond acceptors (Lipinski definition) is 5. The van der Waals surface area contributed by atoms with E-state index in [1.165, 1.54) is 7.11 Å². The summed E-state index contributed by atoms with van der Waals surface area (Å²) >= 11 is 0. The molecule has 0 radical (unpaired) electrons. The van der Waals surface area contributed by atoms with Gasteiger partial charge in [-0.15, -0.1) is 0 Å². The number of nitrogens with two attached hydrogens (primary N) is 1. The minimum atomic E-state index is -0.425. The number of ether oxygens (including phenoxy) is 1. The van der Waals surface area contributed by atoms with E-state index in [-0.39, 0.29) is 5.97 Å². The lowest BCUT2D eigenvalue weighted by atomic mass is 10.3. The van der Waals surface area contributed by atoms with Crippen molar-refractivity contribution >= 4 is 17.5 Å². The fourth-order valence-electron chi connectivity index (χ4n) is 1.11. The molecule has 5 heteroatoms. The number of methoxy groups -OCH3 is 1. The third-order valence-corrected chi connectivity index (χ3v) is 2.05. The number of nitrogens with zero attached hydrogens (tertiary/aromatic N) is 1. The lowest BCUT2D eigenvalue weighted by Crippen LogP contribution is -2.27. The molecule has 1 atom stereocenters. The fourth-order valence-corrected chi connectivity index (χ4v) is 1.11. The maximum atomic E-state index is 11.1. The van der Waals surface area contributed by atoms with Crippen molar-refractivity contribution < 1.29 is 9.53 Å². The van der Waals surface area contributed by atoms with Gasteiger partial charge in [0.2, 0.25) is 0 Å². The molecule has 1 aromatic rings. The van der Waals surface area contributed by atoms with Gasteiger partial charge in [0.25, 0.3) is 0 Å². The summed E-state index contributed by atoms with van der Waals surface area (Å²) in [5, 5.41) is 2.92. The molecule has 0 aliphatic carbocycles. The van der Waals surface area contributed by atoms with Crippen molar-refractivity contribution in [2.45, 2.75) is 19.9 Å². The van der Waals surface area contributed by atoms with Crippen LogP contribution in [0.25, 0.3) is 0 Å². The molecule has 0 aromatic carbocycles. The van der Waals surface area contributed by atoms with Crippen molar-refractivity contribution in [3.63, 3.8) is 0 Å². The van der Waals surface area contributed by atoms with Crippen LogP contribution in [0.5, 0.6) is 0 Å². The van der Waals surface area contributed by atoms with Crippen LogP contribution in [0.2, 0.25) is 0 Å². The summed E-state index contributed by atoms with van der Waals surface area (Å²) in [5.74, 6) is 0.283. The standard InChI is InChI=1S/C10H15N3O2/c1-6-8(11)4-5-9(12-6)13-7(2)10(14)15-3/h4-5,7H,11H2,1-3H3,(H,12,13). The Labute approximate surface area is 88.6 Å². The number of nitrogen functional groups attached to an aromatic ring is 1. The third-order valence-electron chi connectivity index (χ3n) is 2.05. The van der Waals surface area contributed by atoms with Gasteiger partial charge in [0, 0.05) is 0 Å². The van der Waals surface area contributed by atoms with E-state index in [0.717, 1.165) is 5.69 Å². The van der Waals surface area contributed by atoms with E-state index in [2.05, 4.69) is 15.0 Å². The van der Waals surface area contributed by atoms with Crippen LogP contribution in [-0.4, -0.2) is 24.1 Å². The number of carbonyl (C=O) groups is 1. The zero-order valence-corrected chi connectivity index (χ0v) is 9.07. The number of pyridine rings is 1. The molecule has 0 bridgehead atoms. The predicted molar refractivity (Wildman–Crippen MR) is 58.5 cm³/mol. The molecule has 82 valence electrons. The van der Waals surface area contributed by atoms with Crippen molar-refractivity contribution in [2.24, 2.45) is 0 Å². The number of carbonyl (C=O) groups excluding carboxylic acids is 1. The van der Waals surface area contributed by atoms with Crippen molar-refractivity contribution in [1.29, 1.82) is 0 Å². The van der Waals surface area contributed by atoms with E-state index in [0.29, 0.717) is 11.5 Å². The summed E-state index contributed by atoms with van der Waals surface area (Å²) < 4.78 is 4.58. The molecular formula is C10H15N3O2. The number of aromatic nitrogens is 1. The van der Waals surface area contributed by atoms with Crippen LogP contribution in [0.4, 0.5) is 11.5 Å². The number of anilines is 2. The van der Waals surface area contributed by atoms with Gasteiger partial charge in [-0.25, -0.2) is 9.78 Å². The van der Waals surface area contributed by atoms with Gasteiger partial charge in [0.05, 0.1) is 18.5 Å². The lowest BCUT2D eigenvalue weighted by molar-refractivity contribution is -0.141. The summed E-state index contributed by atoms with van der Waals surface area (Å²) in [6, 6.07) is 3.04. The van der Waals surface area contributed by atoms with Crippen molar-refractivity contribution in [3.8, 4) is 0 Å². The molecule has 1 rings (SSSR count). The highest BCUT2D eigenvalue weighted by molar-refractivity contribution is 5.78. The first-order valence-corrected chi connectivity index (χ1v) is 4.62. The highest BCUT2D eigenvalue weighted by atomic mass is 16.5. The van der Waals surface area contributed by atoms with Crippen LogP contribution in [0, 0.1) is 6.92 Å². The summed E-state index contributed by atoms with van der Waals surface area (Å²) in [7, 11) is 1.35. The minimum Gasteiger partial charge on any atom is -0.467 e. The zero-order valence-electron chi connectivity index (χ0n) is 9.07. The molecule has 15 heavy (non-hydrogen) atoms. The van der Waals surface area contributed by atoms with Gasteiger partial charge in [0.15, 0.2) is 0 Å². The normalized spacial score (nSPS) is 11.9. The molecule has 1 heterocycles. The molecule has 3 N–H and O–H groups in total. The predicted octanol–water partition coefficient (Wildman–Crippen LogP) is 0.946. The number of aryl methyl sites for hydroxylation is 1. The lowest BCUT2D eigenvalue weighted by Gasteiger charge is -2.12. The molecule has 1 aromatic heterocycles. The Kier molecular flexibility index (Phi) is 3.49. The molecule has 0 amide bonds. The van der Waals surface area contributed by atoms with Gasteiger partial charge in [-0.3, -0.25) is 0 Å². The van der Waals surface area contributed by atoms with Gasteiger partial charge < -0.3 is 15.8 Å². The average Bonchev–Trinajstić information content (AvgIpc) is 2.22. The molecule has 0 saturated heterocycles. The number of nitrogens with one attached hydrogen (secondary N) is 1. The van der Waals surface area contributed by atoms with E-state index < -0.39 is 6.04 Å². The van der Waals surface area contributed by atoms with Gasteiger partial charge >= 0.3 is 5.97 Å². The molecule has 5 nitrogen and oxygen atoms in total. The Morgan fingerprint density at radius 2 is 2.27 bits per heavy atom. The van der Waals surface area contributed by atoms with Crippen LogP contribution in [-0.2, 0) is 9.53 Å². The summed E-state index contributed by atoms with van der Waals surface area (Å²) in [6.07, 6.45) is 0. The number of hydrogen-bond donors (Lipinski definition) is 2. The van der Waals surface area contributed by atoms with E-state index in [1.54, 1.807) is 19.1 Å². The Morgan fingerprint density at radius 3 is 2.80 bits per heavy atom. The average molecular weight is 209 g/mol. The first-order valence-electron chi connectivity index (χ1n) is 4.62. The fraction of sp³-hybridized carbons (Fsp3) is 0.400.